The number of benzene rings is 2. The molecule has 0 heterocycles. The van der Waals surface area contributed by atoms with E-state index in [2.05, 4.69) is 10.6 Å². The minimum absolute atomic E-state index is 0.224. The highest BCUT2D eigenvalue weighted by molar-refractivity contribution is 7.85. The minimum atomic E-state index is -4.23. The molecule has 6 nitrogen and oxygen atoms in total. The van der Waals surface area contributed by atoms with Crippen LogP contribution in [0.5, 0.6) is 0 Å². The maximum Gasteiger partial charge on any atom is 0.319 e. The zero-order chi connectivity index (χ0) is 16.2. The van der Waals surface area contributed by atoms with E-state index in [4.69, 9.17) is 4.55 Å². The summed E-state index contributed by atoms with van der Waals surface area (Å²) in [5.74, 6) is 0. The largest absolute Gasteiger partial charge is 0.334 e. The summed E-state index contributed by atoms with van der Waals surface area (Å²) in [5.41, 5.74) is 2.52. The van der Waals surface area contributed by atoms with Crippen LogP contribution >= 0.6 is 0 Å². The maximum atomic E-state index is 11.8. The van der Waals surface area contributed by atoms with E-state index in [1.807, 2.05) is 31.2 Å². The summed E-state index contributed by atoms with van der Waals surface area (Å²) >= 11 is 0. The second-order valence-corrected chi connectivity index (χ2v) is 6.16. The average Bonchev–Trinajstić information content (AvgIpc) is 2.46. The van der Waals surface area contributed by atoms with Gasteiger partial charge in [-0.25, -0.2) is 4.79 Å². The highest BCUT2D eigenvalue weighted by atomic mass is 32.2. The molecule has 2 aromatic carbocycles. The van der Waals surface area contributed by atoms with Gasteiger partial charge < -0.3 is 10.6 Å². The number of carbonyl (C=O) groups excluding carboxylic acids is 1. The van der Waals surface area contributed by atoms with Crippen LogP contribution in [0, 0.1) is 6.92 Å². The fraction of sp³-hybridized carbons (Fsp3) is 0.133. The number of hydrogen-bond acceptors (Lipinski definition) is 3. The Bertz CT molecular complexity index is 770. The number of nitrogens with one attached hydrogen (secondary N) is 2. The van der Waals surface area contributed by atoms with Crippen molar-refractivity contribution in [1.82, 2.24) is 5.32 Å². The van der Waals surface area contributed by atoms with Crippen molar-refractivity contribution in [3.8, 4) is 0 Å². The lowest BCUT2D eigenvalue weighted by Gasteiger charge is -2.09. The third kappa shape index (κ3) is 4.31. The van der Waals surface area contributed by atoms with Crippen molar-refractivity contribution in [3.63, 3.8) is 0 Å². The van der Waals surface area contributed by atoms with Gasteiger partial charge in [-0.1, -0.05) is 24.3 Å². The van der Waals surface area contributed by atoms with Gasteiger partial charge in [-0.2, -0.15) is 8.42 Å². The van der Waals surface area contributed by atoms with Crippen LogP contribution in [-0.4, -0.2) is 19.0 Å². The van der Waals surface area contributed by atoms with Gasteiger partial charge in [-0.05, 0) is 42.3 Å². The molecular weight excluding hydrogens is 304 g/mol. The summed E-state index contributed by atoms with van der Waals surface area (Å²) in [6.07, 6.45) is 0. The average molecular weight is 320 g/mol. The number of aryl methyl sites for hydroxylation is 1. The van der Waals surface area contributed by atoms with Crippen LogP contribution < -0.4 is 10.6 Å². The van der Waals surface area contributed by atoms with Crippen LogP contribution in [0.1, 0.15) is 11.1 Å². The Labute approximate surface area is 128 Å². The van der Waals surface area contributed by atoms with Crippen molar-refractivity contribution >= 4 is 21.8 Å². The zero-order valence-corrected chi connectivity index (χ0v) is 12.7. The summed E-state index contributed by atoms with van der Waals surface area (Å²) in [5, 5.41) is 5.30. The fourth-order valence-electron chi connectivity index (χ4n) is 1.87. The van der Waals surface area contributed by atoms with Crippen molar-refractivity contribution in [3.05, 3.63) is 59.7 Å². The lowest BCUT2D eigenvalue weighted by molar-refractivity contribution is 0.251. The Kier molecular flexibility index (Phi) is 4.79. The van der Waals surface area contributed by atoms with Gasteiger partial charge in [0.1, 0.15) is 0 Å². The molecule has 0 aliphatic rings. The lowest BCUT2D eigenvalue weighted by Crippen LogP contribution is -2.28. The Morgan fingerprint density at radius 2 is 1.73 bits per heavy atom. The number of rotatable bonds is 4. The fourth-order valence-corrected chi connectivity index (χ4v) is 2.35. The van der Waals surface area contributed by atoms with Gasteiger partial charge in [0.2, 0.25) is 0 Å². The van der Waals surface area contributed by atoms with E-state index in [0.29, 0.717) is 12.2 Å². The van der Waals surface area contributed by atoms with E-state index in [0.717, 1.165) is 11.1 Å². The first kappa shape index (κ1) is 16.0. The standard InChI is InChI=1S/C15H16N2O4S/c1-11-4-2-3-5-12(11)10-16-15(18)17-13-6-8-14(9-7-13)22(19,20)21/h2-9H,10H2,1H3,(H2,16,17,18)(H,19,20,21). The molecule has 0 bridgehead atoms. The Morgan fingerprint density at radius 3 is 2.32 bits per heavy atom. The molecule has 0 spiro atoms. The molecule has 3 N–H and O–H groups in total. The first-order valence-electron chi connectivity index (χ1n) is 6.53. The molecule has 0 saturated heterocycles. The molecule has 2 aromatic rings. The quantitative estimate of drug-likeness (QED) is 0.754. The SMILES string of the molecule is Cc1ccccc1CNC(=O)Nc1ccc(S(=O)(=O)O)cc1. The highest BCUT2D eigenvalue weighted by Gasteiger charge is 2.09. The minimum Gasteiger partial charge on any atom is -0.334 e. The van der Waals surface area contributed by atoms with E-state index < -0.39 is 16.1 Å². The monoisotopic (exact) mass is 320 g/mol. The van der Waals surface area contributed by atoms with E-state index in [1.54, 1.807) is 0 Å². The van der Waals surface area contributed by atoms with Gasteiger partial charge in [0.15, 0.2) is 0 Å². The van der Waals surface area contributed by atoms with Crippen molar-refractivity contribution in [2.24, 2.45) is 0 Å². The first-order chi connectivity index (χ1) is 10.4. The van der Waals surface area contributed by atoms with Crippen LogP contribution in [0.3, 0.4) is 0 Å². The van der Waals surface area contributed by atoms with Crippen LogP contribution in [0.25, 0.3) is 0 Å². The number of anilines is 1. The first-order valence-corrected chi connectivity index (χ1v) is 7.97. The number of urea groups is 1. The van der Waals surface area contributed by atoms with Gasteiger partial charge >= 0.3 is 6.03 Å². The van der Waals surface area contributed by atoms with E-state index >= 15 is 0 Å². The van der Waals surface area contributed by atoms with Gasteiger partial charge in [0.25, 0.3) is 10.1 Å². The van der Waals surface area contributed by atoms with Crippen molar-refractivity contribution in [2.75, 3.05) is 5.32 Å². The van der Waals surface area contributed by atoms with Crippen molar-refractivity contribution in [2.45, 2.75) is 18.4 Å². The molecule has 7 heteroatoms. The van der Waals surface area contributed by atoms with Crippen LogP contribution in [0.4, 0.5) is 10.5 Å². The summed E-state index contributed by atoms with van der Waals surface area (Å²) in [7, 11) is -4.23. The van der Waals surface area contributed by atoms with Crippen molar-refractivity contribution < 1.29 is 17.8 Å². The summed E-state index contributed by atoms with van der Waals surface area (Å²) in [6.45, 7) is 2.35. The predicted molar refractivity (Wildman–Crippen MR) is 83.3 cm³/mol. The Morgan fingerprint density at radius 1 is 1.09 bits per heavy atom. The molecule has 0 radical (unpaired) electrons. The third-order valence-corrected chi connectivity index (χ3v) is 3.98. The molecule has 0 aliphatic heterocycles. The van der Waals surface area contributed by atoms with Gasteiger partial charge in [0, 0.05) is 12.2 Å². The molecule has 0 atom stereocenters. The normalized spacial score (nSPS) is 11.0. The second-order valence-electron chi connectivity index (χ2n) is 4.73. The topological polar surface area (TPSA) is 95.5 Å². The van der Waals surface area contributed by atoms with Crippen LogP contribution in [0.15, 0.2) is 53.4 Å². The molecule has 116 valence electrons. The molecule has 0 unspecified atom stereocenters. The lowest BCUT2D eigenvalue weighted by atomic mass is 10.1. The second kappa shape index (κ2) is 6.59. The smallest absolute Gasteiger partial charge is 0.319 e. The summed E-state index contributed by atoms with van der Waals surface area (Å²) in [4.78, 5) is 11.6. The Hall–Kier alpha value is -2.38. The van der Waals surface area contributed by atoms with Crippen LogP contribution in [-0.2, 0) is 16.7 Å². The number of hydrogen-bond donors (Lipinski definition) is 3. The zero-order valence-electron chi connectivity index (χ0n) is 11.9. The Balaban J connectivity index is 1.94. The molecule has 22 heavy (non-hydrogen) atoms. The van der Waals surface area contributed by atoms with E-state index in [-0.39, 0.29) is 4.90 Å². The molecule has 0 fully saturated rings. The number of carbonyl (C=O) groups is 1. The summed E-state index contributed by atoms with van der Waals surface area (Å²) in [6, 6.07) is 12.5. The highest BCUT2D eigenvalue weighted by Crippen LogP contribution is 2.13. The molecule has 0 aliphatic carbocycles. The molecular formula is C15H16N2O4S. The van der Waals surface area contributed by atoms with Gasteiger partial charge in [-0.15, -0.1) is 0 Å². The van der Waals surface area contributed by atoms with Crippen molar-refractivity contribution in [1.29, 1.82) is 0 Å². The summed E-state index contributed by atoms with van der Waals surface area (Å²) < 4.78 is 30.7. The van der Waals surface area contributed by atoms with Crippen LogP contribution in [0.2, 0.25) is 0 Å². The van der Waals surface area contributed by atoms with Gasteiger partial charge in [-0.3, -0.25) is 4.55 Å². The molecule has 2 amide bonds. The maximum absolute atomic E-state index is 11.8. The predicted octanol–water partition coefficient (Wildman–Crippen LogP) is 2.56. The molecule has 0 aromatic heterocycles. The van der Waals surface area contributed by atoms with E-state index in [9.17, 15) is 13.2 Å². The molecule has 0 saturated carbocycles. The third-order valence-electron chi connectivity index (χ3n) is 3.11. The van der Waals surface area contributed by atoms with Gasteiger partial charge in [0.05, 0.1) is 4.90 Å². The molecule has 2 rings (SSSR count). The number of amides is 2. The van der Waals surface area contributed by atoms with E-state index in [1.165, 1.54) is 24.3 Å².